The van der Waals surface area contributed by atoms with E-state index in [4.69, 9.17) is 4.74 Å². The fraction of sp³-hybridized carbons (Fsp3) is 0.281. The van der Waals surface area contributed by atoms with E-state index in [1.807, 2.05) is 18.2 Å². The molecule has 1 aliphatic heterocycles. The molecule has 1 aliphatic carbocycles. The summed E-state index contributed by atoms with van der Waals surface area (Å²) >= 11 is 0. The van der Waals surface area contributed by atoms with Crippen LogP contribution in [0, 0.1) is 11.9 Å². The van der Waals surface area contributed by atoms with E-state index in [2.05, 4.69) is 72.3 Å². The van der Waals surface area contributed by atoms with Crippen LogP contribution in [-0.2, 0) is 4.74 Å². The van der Waals surface area contributed by atoms with E-state index >= 15 is 4.39 Å². The highest BCUT2D eigenvalue weighted by Gasteiger charge is 2.28. The van der Waals surface area contributed by atoms with Gasteiger partial charge in [0.1, 0.15) is 0 Å². The summed E-state index contributed by atoms with van der Waals surface area (Å²) in [7, 11) is 0. The lowest BCUT2D eigenvalue weighted by molar-refractivity contribution is -0.0375. The number of benzene rings is 3. The number of fused-ring (bicyclic) bond motifs is 1. The summed E-state index contributed by atoms with van der Waals surface area (Å²) in [5.41, 5.74) is 7.77. The Morgan fingerprint density at radius 3 is 2.33 bits per heavy atom. The molecular weight excluding hydrogens is 447 g/mol. The molecule has 1 atom stereocenters. The number of allylic oxidation sites excluding steroid dienone is 1. The van der Waals surface area contributed by atoms with Gasteiger partial charge >= 0.3 is 0 Å². The lowest BCUT2D eigenvalue weighted by Gasteiger charge is -2.31. The van der Waals surface area contributed by atoms with Gasteiger partial charge in [-0.05, 0) is 83.6 Å². The summed E-state index contributed by atoms with van der Waals surface area (Å²) in [6.45, 7) is 4.60. The third-order valence-corrected chi connectivity index (χ3v) is 7.68. The molecule has 182 valence electrons. The normalized spacial score (nSPS) is 19.1. The van der Waals surface area contributed by atoms with E-state index in [0.717, 1.165) is 41.5 Å². The van der Waals surface area contributed by atoms with E-state index in [-0.39, 0.29) is 6.23 Å². The molecule has 3 nitrogen and oxygen atoms in total. The van der Waals surface area contributed by atoms with Crippen LogP contribution in [0.2, 0.25) is 0 Å². The van der Waals surface area contributed by atoms with Crippen molar-refractivity contribution in [2.24, 2.45) is 5.92 Å². The maximum Gasteiger partial charge on any atom is 0.240 e. The first-order valence-electron chi connectivity index (χ1n) is 13.0. The molecule has 0 N–H and O–H groups in total. The summed E-state index contributed by atoms with van der Waals surface area (Å²) in [6, 6.07) is 25.3. The molecule has 36 heavy (non-hydrogen) atoms. The number of halogens is 1. The van der Waals surface area contributed by atoms with Crippen LogP contribution in [0.1, 0.15) is 67.0 Å². The summed E-state index contributed by atoms with van der Waals surface area (Å²) in [5, 5.41) is 4.82. The van der Waals surface area contributed by atoms with Gasteiger partial charge in [-0.25, -0.2) is 4.68 Å². The second-order valence-corrected chi connectivity index (χ2v) is 9.90. The van der Waals surface area contributed by atoms with Gasteiger partial charge in [0.05, 0.1) is 10.9 Å². The Labute approximate surface area is 211 Å². The van der Waals surface area contributed by atoms with Crippen molar-refractivity contribution in [2.75, 3.05) is 6.61 Å². The molecule has 0 bridgehead atoms. The molecule has 2 fully saturated rings. The Morgan fingerprint density at radius 1 is 0.889 bits per heavy atom. The fourth-order valence-corrected chi connectivity index (χ4v) is 5.56. The van der Waals surface area contributed by atoms with Crippen molar-refractivity contribution in [1.82, 2.24) is 9.78 Å². The Morgan fingerprint density at radius 2 is 1.67 bits per heavy atom. The molecular formula is C32H31FN2O. The quantitative estimate of drug-likeness (QED) is 0.261. The van der Waals surface area contributed by atoms with Crippen LogP contribution < -0.4 is 0 Å². The highest BCUT2D eigenvalue weighted by Crippen LogP contribution is 2.45. The van der Waals surface area contributed by atoms with E-state index in [0.29, 0.717) is 17.9 Å². The molecule has 4 aromatic rings. The van der Waals surface area contributed by atoms with Crippen LogP contribution in [-0.4, -0.2) is 16.4 Å². The maximum atomic E-state index is 15.3. The Bertz CT molecular complexity index is 1410. The van der Waals surface area contributed by atoms with Crippen LogP contribution in [0.4, 0.5) is 4.39 Å². The summed E-state index contributed by atoms with van der Waals surface area (Å²) in [4.78, 5) is 0. The van der Waals surface area contributed by atoms with Crippen molar-refractivity contribution < 1.29 is 9.13 Å². The molecule has 1 unspecified atom stereocenters. The standard InChI is InChI=1S/C32H31FN2O/c1-2-22-14-16-25(17-15-22)31(30(24-11-8-12-24)23-9-4-3-5-10-23)26-18-19-28-27(21-26)32(33)34-35(28)29-13-6-7-20-36-29/h2-5,9-10,14-19,21,24,29H,1,6-8,11-13,20H2. The molecule has 0 radical (unpaired) electrons. The van der Waals surface area contributed by atoms with E-state index in [1.165, 1.54) is 36.0 Å². The monoisotopic (exact) mass is 478 g/mol. The smallest absolute Gasteiger partial charge is 0.240 e. The molecule has 1 saturated heterocycles. The van der Waals surface area contributed by atoms with E-state index in [9.17, 15) is 0 Å². The molecule has 4 heteroatoms. The van der Waals surface area contributed by atoms with Gasteiger partial charge in [-0.3, -0.25) is 0 Å². The van der Waals surface area contributed by atoms with Gasteiger partial charge in [0.15, 0.2) is 6.23 Å². The van der Waals surface area contributed by atoms with Crippen molar-refractivity contribution in [3.05, 3.63) is 108 Å². The largest absolute Gasteiger partial charge is 0.356 e. The third kappa shape index (κ3) is 4.20. The molecule has 1 saturated carbocycles. The predicted molar refractivity (Wildman–Crippen MR) is 145 cm³/mol. The summed E-state index contributed by atoms with van der Waals surface area (Å²) < 4.78 is 22.9. The molecule has 0 amide bonds. The number of ether oxygens (including phenoxy) is 1. The average Bonchev–Trinajstić information content (AvgIpc) is 3.24. The zero-order valence-corrected chi connectivity index (χ0v) is 20.5. The van der Waals surface area contributed by atoms with Crippen LogP contribution in [0.15, 0.2) is 79.4 Å². The van der Waals surface area contributed by atoms with Gasteiger partial charge in [-0.1, -0.05) is 79.7 Å². The number of hydrogen-bond acceptors (Lipinski definition) is 2. The molecule has 2 aliphatic rings. The Hall–Kier alpha value is -3.50. The average molecular weight is 479 g/mol. The van der Waals surface area contributed by atoms with Crippen molar-refractivity contribution >= 4 is 28.1 Å². The van der Waals surface area contributed by atoms with Crippen molar-refractivity contribution in [2.45, 2.75) is 44.8 Å². The van der Waals surface area contributed by atoms with Gasteiger partial charge in [-0.15, -0.1) is 5.10 Å². The highest BCUT2D eigenvalue weighted by atomic mass is 19.1. The van der Waals surface area contributed by atoms with Gasteiger partial charge < -0.3 is 4.74 Å². The minimum atomic E-state index is -0.438. The first-order valence-corrected chi connectivity index (χ1v) is 13.0. The van der Waals surface area contributed by atoms with E-state index < -0.39 is 5.95 Å². The zero-order chi connectivity index (χ0) is 24.5. The summed E-state index contributed by atoms with van der Waals surface area (Å²) in [5.74, 6) is 0.0488. The predicted octanol–water partition coefficient (Wildman–Crippen LogP) is 8.28. The molecule has 6 rings (SSSR count). The number of rotatable bonds is 6. The second-order valence-electron chi connectivity index (χ2n) is 9.90. The number of aromatic nitrogens is 2. The van der Waals surface area contributed by atoms with E-state index in [1.54, 1.807) is 4.68 Å². The second kappa shape index (κ2) is 9.87. The number of hydrogen-bond donors (Lipinski definition) is 0. The molecule has 3 aromatic carbocycles. The SMILES string of the molecule is C=Cc1ccc(C(=C(c2ccccc2)C2CCC2)c2ccc3c(c2)c(F)nn3C2CCCCO2)cc1. The molecule has 0 spiro atoms. The van der Waals surface area contributed by atoms with Gasteiger partial charge in [-0.2, -0.15) is 4.39 Å². The lowest BCUT2D eigenvalue weighted by atomic mass is 9.73. The van der Waals surface area contributed by atoms with Gasteiger partial charge in [0.2, 0.25) is 5.95 Å². The van der Waals surface area contributed by atoms with Crippen molar-refractivity contribution in [3.8, 4) is 0 Å². The first kappa shape index (κ1) is 22.9. The Balaban J connectivity index is 1.56. The number of nitrogens with zero attached hydrogens (tertiary/aromatic N) is 2. The lowest BCUT2D eigenvalue weighted by Crippen LogP contribution is -2.19. The minimum absolute atomic E-state index is 0.201. The maximum absolute atomic E-state index is 15.3. The Kier molecular flexibility index (Phi) is 6.28. The van der Waals surface area contributed by atoms with Crippen LogP contribution in [0.25, 0.3) is 28.1 Å². The molecule has 1 aromatic heterocycles. The zero-order valence-electron chi connectivity index (χ0n) is 20.5. The van der Waals surface area contributed by atoms with Gasteiger partial charge in [0, 0.05) is 6.61 Å². The fourth-order valence-electron chi connectivity index (χ4n) is 5.56. The van der Waals surface area contributed by atoms with Crippen molar-refractivity contribution in [1.29, 1.82) is 0 Å². The third-order valence-electron chi connectivity index (χ3n) is 7.68. The summed E-state index contributed by atoms with van der Waals surface area (Å²) in [6.07, 6.45) is 8.22. The van der Waals surface area contributed by atoms with Gasteiger partial charge in [0.25, 0.3) is 0 Å². The van der Waals surface area contributed by atoms with Crippen LogP contribution in [0.5, 0.6) is 0 Å². The molecule has 2 heterocycles. The minimum Gasteiger partial charge on any atom is -0.356 e. The van der Waals surface area contributed by atoms with Crippen molar-refractivity contribution in [3.63, 3.8) is 0 Å². The topological polar surface area (TPSA) is 27.1 Å². The first-order chi connectivity index (χ1) is 17.7. The van der Waals surface area contributed by atoms with Crippen LogP contribution >= 0.6 is 0 Å². The van der Waals surface area contributed by atoms with Crippen LogP contribution in [0.3, 0.4) is 0 Å². The highest BCUT2D eigenvalue weighted by molar-refractivity contribution is 6.01.